The van der Waals surface area contributed by atoms with E-state index in [-0.39, 0.29) is 16.2 Å². The van der Waals surface area contributed by atoms with E-state index in [2.05, 4.69) is 97.1 Å². The van der Waals surface area contributed by atoms with Crippen molar-refractivity contribution in [3.8, 4) is 17.2 Å². The zero-order valence-corrected chi connectivity index (χ0v) is 58.7. The number of rotatable bonds is 10. The Morgan fingerprint density at radius 2 is 0.740 bits per heavy atom. The molecule has 12 rings (SSSR count). The Balaban J connectivity index is 0.000000197. The molecule has 0 aromatic heterocycles. The molecule has 0 unspecified atom stereocenters. The van der Waals surface area contributed by atoms with Crippen LogP contribution in [0.15, 0.2) is 81.7 Å². The second kappa shape index (κ2) is 31.1. The summed E-state index contributed by atoms with van der Waals surface area (Å²) >= 11 is -2.48. The van der Waals surface area contributed by atoms with Crippen molar-refractivity contribution >= 4 is 86.8 Å². The molecule has 0 radical (unpaired) electrons. The van der Waals surface area contributed by atoms with Crippen LogP contribution in [0.3, 0.4) is 0 Å². The molecule has 9 nitrogen and oxygen atoms in total. The van der Waals surface area contributed by atoms with Crippen molar-refractivity contribution in [2.45, 2.75) is 107 Å². The maximum absolute atomic E-state index is 11.0. The average molecular weight is 1410 g/mol. The van der Waals surface area contributed by atoms with Gasteiger partial charge in [-0.1, -0.05) is 44.2 Å². The Morgan fingerprint density at radius 3 is 1.01 bits per heavy atom. The number of phenols is 3. The number of halogens is 6. The van der Waals surface area contributed by atoms with Gasteiger partial charge in [0.25, 0.3) is 0 Å². The van der Waals surface area contributed by atoms with E-state index in [9.17, 15) is 15.3 Å². The Bertz CT molecular complexity index is 2430. The molecule has 0 amide bonds. The van der Waals surface area contributed by atoms with Gasteiger partial charge in [0, 0.05) is 138 Å². The fraction of sp³-hybridized carbons (Fsp3) is 0.542. The monoisotopic (exact) mass is 1400 g/mol. The van der Waals surface area contributed by atoms with Gasteiger partial charge in [0.15, 0.2) is 0 Å². The van der Waals surface area contributed by atoms with Crippen LogP contribution in [0.25, 0.3) is 0 Å². The van der Waals surface area contributed by atoms with E-state index in [1.807, 2.05) is 55.4 Å². The second-order valence-corrected chi connectivity index (χ2v) is 34.4. The molecule has 18 heteroatoms. The van der Waals surface area contributed by atoms with Gasteiger partial charge in [-0.3, -0.25) is 15.0 Å². The van der Waals surface area contributed by atoms with E-state index in [0.29, 0.717) is 17.2 Å². The molecule has 8 aliphatic carbocycles. The molecule has 0 aliphatic heterocycles. The summed E-state index contributed by atoms with van der Waals surface area (Å²) in [5, 5.41) is 32.7. The first kappa shape index (κ1) is 66.9. The minimum atomic E-state index is -0.826. The van der Waals surface area contributed by atoms with E-state index >= 15 is 0 Å². The van der Waals surface area contributed by atoms with Crippen molar-refractivity contribution in [1.29, 1.82) is 0 Å². The Kier molecular flexibility index (Phi) is 27.0. The fourth-order valence-corrected chi connectivity index (χ4v) is 14.6. The third kappa shape index (κ3) is 16.9. The number of phenolic OH excluding ortho intramolecular Hbond substituents is 3. The second-order valence-electron chi connectivity index (χ2n) is 23.2. The molecule has 0 heterocycles. The number of nitrogens with zero attached hydrogens (tertiary/aromatic N) is 6. The molecular formula is C59H80Cl6N6O3Zr3. The van der Waals surface area contributed by atoms with Crippen molar-refractivity contribution in [2.75, 3.05) is 78.1 Å². The first-order chi connectivity index (χ1) is 36.6. The topological polar surface area (TPSA) is 107 Å². The van der Waals surface area contributed by atoms with Crippen LogP contribution in [0.5, 0.6) is 17.2 Å². The molecule has 8 aliphatic rings. The quantitative estimate of drug-likeness (QED) is 0.137. The molecule has 0 saturated heterocycles. The summed E-state index contributed by atoms with van der Waals surface area (Å²) in [5.74, 6) is 6.54. The van der Waals surface area contributed by atoms with E-state index in [1.165, 1.54) is 105 Å². The van der Waals surface area contributed by atoms with Gasteiger partial charge < -0.3 is 30.0 Å². The van der Waals surface area contributed by atoms with Gasteiger partial charge in [0.1, 0.15) is 17.2 Å². The predicted molar refractivity (Wildman–Crippen MR) is 321 cm³/mol. The SMILES string of the molecule is CN=Cc1cc(N(C)C)cc(C(C)(C)c2ccccc2)c1O.CN=Cc1cc(N(C)C)cc(C23CC4CC(CC(C4)C2)C3)c1O.CN=Cc1cc(N(C)C)cc(C23CC4CC(CC(C4)C2)C3)c1O.[Cl][Zr][Cl].[Cl][Zr][Cl].[Cl][Zr][Cl]. The number of aromatic hydroxyl groups is 3. The normalized spacial score (nSPS) is 24.9. The molecule has 418 valence electrons. The van der Waals surface area contributed by atoms with Gasteiger partial charge in [-0.2, -0.15) is 0 Å². The minimum absolute atomic E-state index is 0.210. The van der Waals surface area contributed by atoms with Crippen molar-refractivity contribution in [3.63, 3.8) is 0 Å². The van der Waals surface area contributed by atoms with Gasteiger partial charge in [0.05, 0.1) is 0 Å². The maximum atomic E-state index is 11.0. The molecule has 8 fully saturated rings. The number of aliphatic imine (C=N–C) groups is 3. The summed E-state index contributed by atoms with van der Waals surface area (Å²) in [6.07, 6.45) is 21.5. The Morgan fingerprint density at radius 1 is 0.468 bits per heavy atom. The summed E-state index contributed by atoms with van der Waals surface area (Å²) in [6.45, 7) is 4.26. The summed E-state index contributed by atoms with van der Waals surface area (Å²) in [4.78, 5) is 18.7. The average Bonchev–Trinajstić information content (AvgIpc) is 3.41. The van der Waals surface area contributed by atoms with Crippen LogP contribution in [-0.4, -0.2) is 97.4 Å². The van der Waals surface area contributed by atoms with Gasteiger partial charge in [-0.15, -0.1) is 0 Å². The number of anilines is 3. The molecule has 0 atom stereocenters. The fourth-order valence-electron chi connectivity index (χ4n) is 14.6. The van der Waals surface area contributed by atoms with Crippen LogP contribution in [0.2, 0.25) is 0 Å². The van der Waals surface area contributed by atoms with Crippen molar-refractivity contribution < 1.29 is 77.9 Å². The van der Waals surface area contributed by atoms with E-state index in [1.54, 1.807) is 39.8 Å². The summed E-state index contributed by atoms with van der Waals surface area (Å²) in [6, 6.07) is 22.8. The Labute approximate surface area is 517 Å². The van der Waals surface area contributed by atoms with Gasteiger partial charge in [0.2, 0.25) is 0 Å². The van der Waals surface area contributed by atoms with E-state index in [4.69, 9.17) is 51.1 Å². The first-order valence-electron chi connectivity index (χ1n) is 26.5. The summed E-state index contributed by atoms with van der Waals surface area (Å²) in [7, 11) is 47.1. The number of hydrogen-bond donors (Lipinski definition) is 3. The first-order valence-corrected chi connectivity index (χ1v) is 45.5. The Hall–Kier alpha value is -0.921. The van der Waals surface area contributed by atoms with Crippen LogP contribution >= 0.6 is 51.1 Å². The zero-order chi connectivity index (χ0) is 56.8. The third-order valence-electron chi connectivity index (χ3n) is 17.1. The molecule has 77 heavy (non-hydrogen) atoms. The number of hydrogen-bond acceptors (Lipinski definition) is 9. The molecule has 0 spiro atoms. The molecule has 8 saturated carbocycles. The molecule has 8 bridgehead atoms. The molecule has 3 N–H and O–H groups in total. The van der Waals surface area contributed by atoms with Crippen molar-refractivity contribution in [3.05, 3.63) is 106 Å². The summed E-state index contributed by atoms with van der Waals surface area (Å²) in [5.41, 5.74) is 10.4. The van der Waals surface area contributed by atoms with Gasteiger partial charge in [-0.25, -0.2) is 0 Å². The summed E-state index contributed by atoms with van der Waals surface area (Å²) < 4.78 is 0. The van der Waals surface area contributed by atoms with Gasteiger partial charge in [-0.05, 0) is 165 Å². The van der Waals surface area contributed by atoms with Crippen LogP contribution in [0, 0.1) is 35.5 Å². The van der Waals surface area contributed by atoms with Gasteiger partial charge >= 0.3 is 114 Å². The van der Waals surface area contributed by atoms with Crippen LogP contribution < -0.4 is 14.7 Å². The predicted octanol–water partition coefficient (Wildman–Crippen LogP) is 15.9. The molecule has 4 aromatic rings. The van der Waals surface area contributed by atoms with Crippen LogP contribution in [0.4, 0.5) is 17.1 Å². The van der Waals surface area contributed by atoms with E-state index < -0.39 is 62.5 Å². The zero-order valence-electron chi connectivity index (χ0n) is 46.8. The molecular weight excluding hydrogens is 1330 g/mol. The number of benzene rings is 4. The third-order valence-corrected chi connectivity index (χ3v) is 17.1. The standard InChI is InChI=1S/2C20H28N2O.C19H24N2O.6ClH.3Zr/c2*1-21-12-16-7-17(22(2)3)8-18(19(16)23)20-9-13-4-14(10-20)6-15(5-13)11-20;1-19(2,15-9-7-6-8-10-15)17-12-16(21(4)5)11-14(13-20-3)18(17)22;;;;;;;;;/h2*7-8,12-15,23H,4-6,9-11H2,1-3H3;6-13,22H,1-5H3;6*1H;;;/q;;;;;;;;;3*+2/p-6. The van der Waals surface area contributed by atoms with Crippen molar-refractivity contribution in [1.82, 2.24) is 0 Å². The van der Waals surface area contributed by atoms with Crippen LogP contribution in [-0.2, 0) is 78.8 Å². The molecule has 4 aromatic carbocycles. The van der Waals surface area contributed by atoms with E-state index in [0.717, 1.165) is 63.4 Å². The van der Waals surface area contributed by atoms with Crippen LogP contribution in [0.1, 0.15) is 130 Å². The van der Waals surface area contributed by atoms with Crippen molar-refractivity contribution in [2.24, 2.45) is 50.5 Å².